The molecule has 0 radical (unpaired) electrons. The average molecular weight is 437 g/mol. The molecule has 3 rings (SSSR count). The van der Waals surface area contributed by atoms with Crippen molar-refractivity contribution in [1.29, 1.82) is 0 Å². The van der Waals surface area contributed by atoms with Crippen LogP contribution in [-0.2, 0) is 10.0 Å². The minimum Gasteiger partial charge on any atom is -0.331 e. The predicted octanol–water partition coefficient (Wildman–Crippen LogP) is 2.51. The van der Waals surface area contributed by atoms with Crippen molar-refractivity contribution in [2.24, 2.45) is 0 Å². The summed E-state index contributed by atoms with van der Waals surface area (Å²) in [4.78, 5) is 11.8. The summed E-state index contributed by atoms with van der Waals surface area (Å²) in [5.41, 5.74) is 7.79. The molecule has 1 aliphatic carbocycles. The molecule has 0 aromatic heterocycles. The summed E-state index contributed by atoms with van der Waals surface area (Å²) in [5, 5.41) is 3.12. The number of anilines is 1. The highest BCUT2D eigenvalue weighted by Gasteiger charge is 2.30. The van der Waals surface area contributed by atoms with Crippen molar-refractivity contribution in [3.8, 4) is 0 Å². The van der Waals surface area contributed by atoms with Gasteiger partial charge in [-0.3, -0.25) is 15.6 Å². The lowest BCUT2D eigenvalue weighted by Gasteiger charge is -2.14. The van der Waals surface area contributed by atoms with Crippen molar-refractivity contribution in [3.05, 3.63) is 58.9 Å². The molecule has 0 spiro atoms. The lowest BCUT2D eigenvalue weighted by Crippen LogP contribution is -2.44. The van der Waals surface area contributed by atoms with E-state index in [-0.39, 0.29) is 16.7 Å². The van der Waals surface area contributed by atoms with Gasteiger partial charge in [-0.05, 0) is 74.3 Å². The molecule has 1 amide bonds. The van der Waals surface area contributed by atoms with Gasteiger partial charge >= 0.3 is 0 Å². The molecule has 1 fully saturated rings. The molecule has 0 bridgehead atoms. The van der Waals surface area contributed by atoms with Crippen LogP contribution in [0.5, 0.6) is 0 Å². The van der Waals surface area contributed by atoms with Crippen LogP contribution in [-0.4, -0.2) is 25.5 Å². The zero-order valence-corrected chi connectivity index (χ0v) is 17.5. The molecule has 1 saturated carbocycles. The van der Waals surface area contributed by atoms with Gasteiger partial charge in [0.2, 0.25) is 10.0 Å². The zero-order valence-electron chi connectivity index (χ0n) is 15.9. The molecular weight excluding hydrogens is 415 g/mol. The van der Waals surface area contributed by atoms with Gasteiger partial charge in [-0.25, -0.2) is 17.5 Å². The summed E-state index contributed by atoms with van der Waals surface area (Å²) < 4.78 is 41.0. The molecule has 2 aromatic carbocycles. The van der Waals surface area contributed by atoms with Gasteiger partial charge in [0.15, 0.2) is 5.11 Å². The Labute approximate surface area is 174 Å². The Morgan fingerprint density at radius 3 is 2.55 bits per heavy atom. The van der Waals surface area contributed by atoms with E-state index in [0.29, 0.717) is 0 Å². The van der Waals surface area contributed by atoms with Gasteiger partial charge in [-0.1, -0.05) is 12.1 Å². The first-order valence-electron chi connectivity index (χ1n) is 8.93. The number of benzene rings is 2. The van der Waals surface area contributed by atoms with Gasteiger partial charge in [0.05, 0.1) is 0 Å². The molecule has 0 heterocycles. The summed E-state index contributed by atoms with van der Waals surface area (Å²) in [7, 11) is -4.03. The van der Waals surface area contributed by atoms with Gasteiger partial charge in [0.25, 0.3) is 5.91 Å². The first-order valence-corrected chi connectivity index (χ1v) is 10.8. The SMILES string of the molecule is Cc1cccc(NC(=S)NNC(=O)c2ccc(F)c(S(=O)(=O)NC3CC3)c2)c1C. The first kappa shape index (κ1) is 21.2. The fourth-order valence-corrected chi connectivity index (χ4v) is 4.13. The number of aryl methyl sites for hydroxylation is 1. The summed E-state index contributed by atoms with van der Waals surface area (Å²) >= 11 is 5.16. The number of hydrogen-bond acceptors (Lipinski definition) is 4. The topological polar surface area (TPSA) is 99.3 Å². The third-order valence-electron chi connectivity index (χ3n) is 4.52. The maximum atomic E-state index is 14.0. The van der Waals surface area contributed by atoms with Crippen molar-refractivity contribution in [2.75, 3.05) is 5.32 Å². The second kappa shape index (κ2) is 8.44. The van der Waals surface area contributed by atoms with E-state index >= 15 is 0 Å². The Morgan fingerprint density at radius 2 is 1.86 bits per heavy atom. The second-order valence-electron chi connectivity index (χ2n) is 6.82. The van der Waals surface area contributed by atoms with E-state index in [1.807, 2.05) is 32.0 Å². The predicted molar refractivity (Wildman–Crippen MR) is 112 cm³/mol. The minimum absolute atomic E-state index is 0.0235. The fraction of sp³-hybridized carbons (Fsp3) is 0.263. The number of nitrogens with one attached hydrogen (secondary N) is 4. The molecule has 10 heteroatoms. The van der Waals surface area contributed by atoms with E-state index in [1.54, 1.807) is 0 Å². The Morgan fingerprint density at radius 1 is 1.14 bits per heavy atom. The molecule has 154 valence electrons. The fourth-order valence-electron chi connectivity index (χ4n) is 2.56. The van der Waals surface area contributed by atoms with Crippen LogP contribution in [0.15, 0.2) is 41.3 Å². The largest absolute Gasteiger partial charge is 0.331 e. The number of sulfonamides is 1. The average Bonchev–Trinajstić information content (AvgIpc) is 3.47. The van der Waals surface area contributed by atoms with Crippen molar-refractivity contribution >= 4 is 38.9 Å². The molecule has 4 N–H and O–H groups in total. The van der Waals surface area contributed by atoms with Crippen molar-refractivity contribution in [1.82, 2.24) is 15.6 Å². The third-order valence-corrected chi connectivity index (χ3v) is 6.26. The number of amides is 1. The van der Waals surface area contributed by atoms with Gasteiger partial charge in [0.1, 0.15) is 10.7 Å². The highest BCUT2D eigenvalue weighted by molar-refractivity contribution is 7.89. The molecule has 0 atom stereocenters. The molecule has 7 nitrogen and oxygen atoms in total. The van der Waals surface area contributed by atoms with Crippen LogP contribution in [0.25, 0.3) is 0 Å². The van der Waals surface area contributed by atoms with Gasteiger partial charge in [0, 0.05) is 17.3 Å². The maximum absolute atomic E-state index is 14.0. The summed E-state index contributed by atoms with van der Waals surface area (Å²) in [6, 6.07) is 8.67. The lowest BCUT2D eigenvalue weighted by molar-refractivity contribution is 0.0944. The van der Waals surface area contributed by atoms with Crippen molar-refractivity contribution < 1.29 is 17.6 Å². The molecule has 0 saturated heterocycles. The molecule has 29 heavy (non-hydrogen) atoms. The van der Waals surface area contributed by atoms with Crippen molar-refractivity contribution in [2.45, 2.75) is 37.6 Å². The standard InChI is InChI=1S/C19H21FN4O3S2/c1-11-4-3-5-16(12(11)2)21-19(28)23-22-18(25)13-6-9-15(20)17(10-13)29(26,27)24-14-7-8-14/h3-6,9-10,14,24H,7-8H2,1-2H3,(H,22,25)(H2,21,23,28). The van der Waals surface area contributed by atoms with Crippen molar-refractivity contribution in [3.63, 3.8) is 0 Å². The quantitative estimate of drug-likeness (QED) is 0.425. The van der Waals surface area contributed by atoms with E-state index in [9.17, 15) is 17.6 Å². The Hall–Kier alpha value is -2.56. The van der Waals surface area contributed by atoms with Crippen LogP contribution in [0.4, 0.5) is 10.1 Å². The number of thiocarbonyl (C=S) groups is 1. The number of hydrogen-bond donors (Lipinski definition) is 4. The summed E-state index contributed by atoms with van der Waals surface area (Å²) in [6.07, 6.45) is 1.44. The molecule has 0 aliphatic heterocycles. The third kappa shape index (κ3) is 5.28. The summed E-state index contributed by atoms with van der Waals surface area (Å²) in [6.45, 7) is 3.91. The molecule has 0 unspecified atom stereocenters. The van der Waals surface area contributed by atoms with Crippen LogP contribution < -0.4 is 20.9 Å². The van der Waals surface area contributed by atoms with E-state index in [1.165, 1.54) is 6.07 Å². The number of carbonyl (C=O) groups excluding carboxylic acids is 1. The Kier molecular flexibility index (Phi) is 6.15. The van der Waals surface area contributed by atoms with E-state index in [4.69, 9.17) is 12.2 Å². The zero-order chi connectivity index (χ0) is 21.2. The van der Waals surface area contributed by atoms with Gasteiger partial charge in [-0.2, -0.15) is 0 Å². The van der Waals surface area contributed by atoms with Crippen LogP contribution in [0, 0.1) is 19.7 Å². The summed E-state index contributed by atoms with van der Waals surface area (Å²) in [5.74, 6) is -1.58. The van der Waals surface area contributed by atoms with Crippen LogP contribution in [0.2, 0.25) is 0 Å². The maximum Gasteiger partial charge on any atom is 0.269 e. The van der Waals surface area contributed by atoms with Crippen LogP contribution in [0.3, 0.4) is 0 Å². The number of rotatable bonds is 5. The highest BCUT2D eigenvalue weighted by atomic mass is 32.2. The van der Waals surface area contributed by atoms with Gasteiger partial charge < -0.3 is 5.32 Å². The monoisotopic (exact) mass is 436 g/mol. The molecular formula is C19H21FN4O3S2. The Bertz CT molecular complexity index is 1070. The normalized spacial score (nSPS) is 13.6. The Balaban J connectivity index is 1.65. The number of carbonyl (C=O) groups is 1. The highest BCUT2D eigenvalue weighted by Crippen LogP contribution is 2.24. The minimum atomic E-state index is -4.03. The van der Waals surface area contributed by atoms with Gasteiger partial charge in [-0.15, -0.1) is 0 Å². The number of halogens is 1. The molecule has 2 aromatic rings. The first-order chi connectivity index (χ1) is 13.7. The second-order valence-corrected chi connectivity index (χ2v) is 8.91. The van der Waals surface area contributed by atoms with E-state index in [0.717, 1.165) is 41.8 Å². The van der Waals surface area contributed by atoms with Crippen LogP contribution >= 0.6 is 12.2 Å². The molecule has 1 aliphatic rings. The van der Waals surface area contributed by atoms with Crippen LogP contribution in [0.1, 0.15) is 34.3 Å². The number of hydrazine groups is 1. The smallest absolute Gasteiger partial charge is 0.269 e. The van der Waals surface area contributed by atoms with E-state index in [2.05, 4.69) is 20.9 Å². The van der Waals surface area contributed by atoms with E-state index < -0.39 is 26.6 Å². The lowest BCUT2D eigenvalue weighted by atomic mass is 10.1.